The number of allylic oxidation sites excluding steroid dienone is 2. The molecular weight excluding hydrogens is 240 g/mol. The molecule has 1 saturated heterocycles. The number of piperidine rings is 1. The number of hydrogen-bond acceptors (Lipinski definition) is 3. The number of ether oxygens (including phenoxy) is 1. The molecule has 2 rings (SSSR count). The lowest BCUT2D eigenvalue weighted by molar-refractivity contribution is -0.160. The van der Waals surface area contributed by atoms with Crippen LogP contribution in [0.4, 0.5) is 0 Å². The lowest BCUT2D eigenvalue weighted by Crippen LogP contribution is -2.52. The quantitative estimate of drug-likeness (QED) is 0.792. The molecule has 0 aromatic rings. The van der Waals surface area contributed by atoms with E-state index in [1.165, 1.54) is 0 Å². The van der Waals surface area contributed by atoms with Crippen molar-refractivity contribution in [2.24, 2.45) is 11.7 Å². The summed E-state index contributed by atoms with van der Waals surface area (Å²) in [6.45, 7) is 4.05. The molecule has 108 valence electrons. The van der Waals surface area contributed by atoms with E-state index >= 15 is 0 Å². The van der Waals surface area contributed by atoms with Gasteiger partial charge in [0, 0.05) is 6.54 Å². The summed E-state index contributed by atoms with van der Waals surface area (Å²) in [5, 5.41) is 0. The smallest absolute Gasteiger partial charge is 0.224 e. The van der Waals surface area contributed by atoms with Gasteiger partial charge in [0.25, 0.3) is 0 Å². The third kappa shape index (κ3) is 3.80. The minimum atomic E-state index is -0.213. The summed E-state index contributed by atoms with van der Waals surface area (Å²) >= 11 is 0. The van der Waals surface area contributed by atoms with Crippen molar-refractivity contribution in [2.75, 3.05) is 13.1 Å². The molecule has 1 heterocycles. The Bertz CT molecular complexity index is 320. The number of carbonyl (C=O) groups excluding carboxylic acids is 1. The lowest BCUT2D eigenvalue weighted by Gasteiger charge is -2.40. The lowest BCUT2D eigenvalue weighted by atomic mass is 9.94. The first-order valence-electron chi connectivity index (χ1n) is 7.56. The van der Waals surface area contributed by atoms with Crippen LogP contribution in [0.5, 0.6) is 0 Å². The van der Waals surface area contributed by atoms with E-state index in [2.05, 4.69) is 24.0 Å². The fourth-order valence-electron chi connectivity index (χ4n) is 3.12. The number of hydrogen-bond donors (Lipinski definition) is 1. The molecule has 0 bridgehead atoms. The van der Waals surface area contributed by atoms with Gasteiger partial charge in [0.05, 0.1) is 12.0 Å². The van der Waals surface area contributed by atoms with Crippen LogP contribution in [-0.4, -0.2) is 36.2 Å². The Kier molecular flexibility index (Phi) is 5.40. The molecule has 0 saturated carbocycles. The Morgan fingerprint density at radius 2 is 2.00 bits per heavy atom. The highest BCUT2D eigenvalue weighted by Gasteiger charge is 2.36. The fraction of sp³-hybridized carbons (Fsp3) is 0.800. The topological polar surface area (TPSA) is 55.6 Å². The van der Waals surface area contributed by atoms with Crippen molar-refractivity contribution in [1.82, 2.24) is 4.90 Å². The molecule has 2 atom stereocenters. The van der Waals surface area contributed by atoms with Crippen LogP contribution in [-0.2, 0) is 9.53 Å². The largest absolute Gasteiger partial charge is 0.369 e. The van der Waals surface area contributed by atoms with Gasteiger partial charge >= 0.3 is 0 Å². The molecule has 19 heavy (non-hydrogen) atoms. The monoisotopic (exact) mass is 266 g/mol. The van der Waals surface area contributed by atoms with Gasteiger partial charge in [0.2, 0.25) is 5.91 Å². The van der Waals surface area contributed by atoms with Crippen LogP contribution in [0, 0.1) is 5.92 Å². The molecule has 1 aliphatic heterocycles. The van der Waals surface area contributed by atoms with Crippen LogP contribution in [0.3, 0.4) is 0 Å². The van der Waals surface area contributed by atoms with Gasteiger partial charge < -0.3 is 10.5 Å². The Balaban J connectivity index is 2.01. The first-order chi connectivity index (χ1) is 9.22. The van der Waals surface area contributed by atoms with Gasteiger partial charge in [-0.2, -0.15) is 0 Å². The van der Waals surface area contributed by atoms with Gasteiger partial charge in [0.1, 0.15) is 6.23 Å². The zero-order valence-electron chi connectivity index (χ0n) is 11.9. The maximum absolute atomic E-state index is 11.6. The summed E-state index contributed by atoms with van der Waals surface area (Å²) in [6, 6.07) is 0. The van der Waals surface area contributed by atoms with Crippen molar-refractivity contribution < 1.29 is 9.53 Å². The maximum atomic E-state index is 11.6. The van der Waals surface area contributed by atoms with Crippen molar-refractivity contribution in [3.8, 4) is 0 Å². The standard InChI is InChI=1S/C15H26N2O2/c1-2-17-11-7-10-13(14(16)18)15(17)19-12-8-5-3-4-6-9-12/h3-4,12-13,15H,2,5-11H2,1H3,(H2,16,18). The normalized spacial score (nSPS) is 30.2. The zero-order valence-corrected chi connectivity index (χ0v) is 11.9. The average molecular weight is 266 g/mol. The molecule has 4 heteroatoms. The van der Waals surface area contributed by atoms with Crippen LogP contribution in [0.2, 0.25) is 0 Å². The van der Waals surface area contributed by atoms with Crippen LogP contribution < -0.4 is 5.73 Å². The molecule has 1 amide bonds. The van der Waals surface area contributed by atoms with Gasteiger partial charge in [-0.05, 0) is 45.1 Å². The number of nitrogens with zero attached hydrogens (tertiary/aromatic N) is 1. The molecule has 0 aromatic carbocycles. The molecule has 1 fully saturated rings. The van der Waals surface area contributed by atoms with Crippen LogP contribution in [0.25, 0.3) is 0 Å². The third-order valence-electron chi connectivity index (χ3n) is 4.25. The molecule has 2 N–H and O–H groups in total. The number of rotatable bonds is 4. The van der Waals surface area contributed by atoms with E-state index in [-0.39, 0.29) is 24.2 Å². The van der Waals surface area contributed by atoms with E-state index in [9.17, 15) is 4.79 Å². The van der Waals surface area contributed by atoms with Crippen LogP contribution in [0.1, 0.15) is 45.4 Å². The van der Waals surface area contributed by atoms with Gasteiger partial charge in [-0.3, -0.25) is 9.69 Å². The zero-order chi connectivity index (χ0) is 13.7. The summed E-state index contributed by atoms with van der Waals surface area (Å²) in [5.74, 6) is -0.361. The minimum absolute atomic E-state index is 0.112. The predicted molar refractivity (Wildman–Crippen MR) is 75.4 cm³/mol. The van der Waals surface area contributed by atoms with Crippen molar-refractivity contribution in [3.63, 3.8) is 0 Å². The van der Waals surface area contributed by atoms with Gasteiger partial charge in [-0.1, -0.05) is 19.1 Å². The number of nitrogens with two attached hydrogens (primary N) is 1. The van der Waals surface area contributed by atoms with Crippen LogP contribution in [0.15, 0.2) is 12.2 Å². The second kappa shape index (κ2) is 7.06. The van der Waals surface area contributed by atoms with Crippen molar-refractivity contribution in [3.05, 3.63) is 12.2 Å². The number of primary amides is 1. The van der Waals surface area contributed by atoms with E-state index in [4.69, 9.17) is 10.5 Å². The molecule has 0 spiro atoms. The number of carbonyl (C=O) groups is 1. The average Bonchev–Trinajstić information content (AvgIpc) is 2.67. The number of amides is 1. The van der Waals surface area contributed by atoms with Gasteiger partial charge in [-0.15, -0.1) is 0 Å². The van der Waals surface area contributed by atoms with E-state index < -0.39 is 0 Å². The molecule has 2 unspecified atom stereocenters. The molecule has 4 nitrogen and oxygen atoms in total. The summed E-state index contributed by atoms with van der Waals surface area (Å²) in [7, 11) is 0. The van der Waals surface area contributed by atoms with E-state index in [0.717, 1.165) is 51.6 Å². The number of likely N-dealkylation sites (tertiary alicyclic amines) is 1. The Morgan fingerprint density at radius 3 is 2.58 bits per heavy atom. The SMILES string of the molecule is CCN1CCCC(C(N)=O)C1OC1CCC=CCC1. The predicted octanol–water partition coefficient (Wildman–Crippen LogP) is 2.05. The second-order valence-corrected chi connectivity index (χ2v) is 5.55. The molecule has 0 aromatic heterocycles. The highest BCUT2D eigenvalue weighted by Crippen LogP contribution is 2.28. The summed E-state index contributed by atoms with van der Waals surface area (Å²) in [6.07, 6.45) is 10.8. The fourth-order valence-corrected chi connectivity index (χ4v) is 3.12. The van der Waals surface area contributed by atoms with Crippen molar-refractivity contribution in [2.45, 2.75) is 57.8 Å². The summed E-state index contributed by atoms with van der Waals surface area (Å²) < 4.78 is 6.27. The highest BCUT2D eigenvalue weighted by molar-refractivity contribution is 5.77. The first-order valence-corrected chi connectivity index (χ1v) is 7.56. The van der Waals surface area contributed by atoms with E-state index in [1.54, 1.807) is 0 Å². The van der Waals surface area contributed by atoms with Crippen LogP contribution >= 0.6 is 0 Å². The summed E-state index contributed by atoms with van der Waals surface area (Å²) in [4.78, 5) is 13.9. The molecular formula is C15H26N2O2. The van der Waals surface area contributed by atoms with Crippen molar-refractivity contribution >= 4 is 5.91 Å². The minimum Gasteiger partial charge on any atom is -0.369 e. The highest BCUT2D eigenvalue weighted by atomic mass is 16.5. The van der Waals surface area contributed by atoms with E-state index in [1.807, 2.05) is 0 Å². The maximum Gasteiger partial charge on any atom is 0.224 e. The first kappa shape index (κ1) is 14.5. The summed E-state index contributed by atoms with van der Waals surface area (Å²) in [5.41, 5.74) is 5.55. The third-order valence-corrected chi connectivity index (χ3v) is 4.25. The second-order valence-electron chi connectivity index (χ2n) is 5.55. The molecule has 2 aliphatic rings. The molecule has 1 aliphatic carbocycles. The van der Waals surface area contributed by atoms with Gasteiger partial charge in [-0.25, -0.2) is 0 Å². The van der Waals surface area contributed by atoms with Crippen molar-refractivity contribution in [1.29, 1.82) is 0 Å². The Hall–Kier alpha value is -0.870. The van der Waals surface area contributed by atoms with Gasteiger partial charge in [0.15, 0.2) is 0 Å². The van der Waals surface area contributed by atoms with E-state index in [0.29, 0.717) is 0 Å². The Labute approximate surface area is 116 Å². The Morgan fingerprint density at radius 1 is 1.32 bits per heavy atom. The molecule has 0 radical (unpaired) electrons.